The van der Waals surface area contributed by atoms with Crippen LogP contribution in [-0.4, -0.2) is 42.2 Å². The third kappa shape index (κ3) is 3.81. The van der Waals surface area contributed by atoms with Crippen molar-refractivity contribution in [3.8, 4) is 11.8 Å². The van der Waals surface area contributed by atoms with Gasteiger partial charge < -0.3 is 15.7 Å². The Kier molecular flexibility index (Phi) is 5.32. The number of amides is 1. The maximum absolute atomic E-state index is 13.4. The van der Waals surface area contributed by atoms with Gasteiger partial charge in [-0.05, 0) is 37.0 Å². The minimum atomic E-state index is -0.456. The average molecular weight is 290 g/mol. The monoisotopic (exact) mass is 290 g/mol. The zero-order valence-corrected chi connectivity index (χ0v) is 11.8. The molecular weight excluding hydrogens is 271 g/mol. The molecule has 1 aromatic carbocycles. The first-order chi connectivity index (χ1) is 10.2. The summed E-state index contributed by atoms with van der Waals surface area (Å²) in [4.78, 5) is 14.2. The lowest BCUT2D eigenvalue weighted by atomic mass is 10.1. The van der Waals surface area contributed by atoms with Crippen molar-refractivity contribution in [1.82, 2.24) is 4.90 Å². The number of aliphatic hydroxyl groups is 1. The van der Waals surface area contributed by atoms with Gasteiger partial charge >= 0.3 is 0 Å². The lowest BCUT2D eigenvalue weighted by Gasteiger charge is -2.17. The van der Waals surface area contributed by atoms with E-state index < -0.39 is 5.82 Å². The van der Waals surface area contributed by atoms with Gasteiger partial charge in [-0.25, -0.2) is 4.39 Å². The van der Waals surface area contributed by atoms with Gasteiger partial charge in [-0.2, -0.15) is 0 Å². The molecule has 3 N–H and O–H groups in total. The molecule has 1 heterocycles. The number of benzene rings is 1. The molecule has 0 saturated carbocycles. The van der Waals surface area contributed by atoms with Crippen molar-refractivity contribution in [3.05, 3.63) is 35.1 Å². The molecule has 1 atom stereocenters. The van der Waals surface area contributed by atoms with Crippen LogP contribution in [0.2, 0.25) is 0 Å². The lowest BCUT2D eigenvalue weighted by molar-refractivity contribution is 0.0784. The Balaban J connectivity index is 2.21. The van der Waals surface area contributed by atoms with Crippen LogP contribution in [0.4, 0.5) is 4.39 Å². The standard InChI is InChI=1S/C16H19FN2O2/c17-14-4-3-13(2-1-7-18)15(10-14)16(21)19-8-5-12(11-19)6-9-20/h3-4,10,12,20H,5-9,11,18H2. The smallest absolute Gasteiger partial charge is 0.255 e. The zero-order chi connectivity index (χ0) is 15.2. The zero-order valence-electron chi connectivity index (χ0n) is 11.8. The van der Waals surface area contributed by atoms with Crippen molar-refractivity contribution < 1.29 is 14.3 Å². The number of likely N-dealkylation sites (tertiary alicyclic amines) is 1. The van der Waals surface area contributed by atoms with E-state index in [1.807, 2.05) is 0 Å². The number of nitrogens with two attached hydrogens (primary N) is 1. The van der Waals surface area contributed by atoms with E-state index in [1.54, 1.807) is 4.90 Å². The third-order valence-corrected chi connectivity index (χ3v) is 3.65. The van der Waals surface area contributed by atoms with E-state index in [-0.39, 0.29) is 24.6 Å². The molecule has 1 aliphatic heterocycles. The number of aliphatic hydroxyl groups excluding tert-OH is 1. The Morgan fingerprint density at radius 2 is 2.33 bits per heavy atom. The molecule has 4 nitrogen and oxygen atoms in total. The van der Waals surface area contributed by atoms with E-state index in [0.29, 0.717) is 31.0 Å². The normalized spacial score (nSPS) is 17.5. The molecule has 0 aliphatic carbocycles. The fraction of sp³-hybridized carbons (Fsp3) is 0.438. The van der Waals surface area contributed by atoms with Crippen LogP contribution < -0.4 is 5.73 Å². The fourth-order valence-electron chi connectivity index (χ4n) is 2.55. The summed E-state index contributed by atoms with van der Waals surface area (Å²) in [7, 11) is 0. The van der Waals surface area contributed by atoms with Crippen LogP contribution >= 0.6 is 0 Å². The van der Waals surface area contributed by atoms with E-state index >= 15 is 0 Å². The molecule has 1 aromatic rings. The Hall–Kier alpha value is -1.90. The molecule has 5 heteroatoms. The summed E-state index contributed by atoms with van der Waals surface area (Å²) in [6.07, 6.45) is 1.55. The molecule has 1 fully saturated rings. The van der Waals surface area contributed by atoms with E-state index in [0.717, 1.165) is 6.42 Å². The van der Waals surface area contributed by atoms with Crippen LogP contribution in [0.15, 0.2) is 18.2 Å². The second-order valence-corrected chi connectivity index (χ2v) is 5.11. The molecule has 0 bridgehead atoms. The maximum atomic E-state index is 13.4. The quantitative estimate of drug-likeness (QED) is 0.816. The molecule has 1 aliphatic rings. The van der Waals surface area contributed by atoms with Gasteiger partial charge in [-0.1, -0.05) is 11.8 Å². The fourth-order valence-corrected chi connectivity index (χ4v) is 2.55. The SMILES string of the molecule is NCC#Cc1ccc(F)cc1C(=O)N1CCC(CCO)C1. The Bertz CT molecular complexity index is 577. The molecule has 112 valence electrons. The highest BCUT2D eigenvalue weighted by atomic mass is 19.1. The molecule has 2 rings (SSSR count). The van der Waals surface area contributed by atoms with Crippen molar-refractivity contribution in [3.63, 3.8) is 0 Å². The summed E-state index contributed by atoms with van der Waals surface area (Å²) in [5, 5.41) is 8.96. The number of rotatable bonds is 3. The van der Waals surface area contributed by atoms with E-state index in [1.165, 1.54) is 18.2 Å². The first-order valence-electron chi connectivity index (χ1n) is 7.04. The molecule has 0 spiro atoms. The number of halogens is 1. The molecule has 1 saturated heterocycles. The summed E-state index contributed by atoms with van der Waals surface area (Å²) in [5.74, 6) is 5.15. The van der Waals surface area contributed by atoms with Crippen molar-refractivity contribution in [1.29, 1.82) is 0 Å². The lowest BCUT2D eigenvalue weighted by Crippen LogP contribution is -2.29. The largest absolute Gasteiger partial charge is 0.396 e. The molecular formula is C16H19FN2O2. The van der Waals surface area contributed by atoms with Gasteiger partial charge in [0.15, 0.2) is 0 Å². The summed E-state index contributed by atoms with van der Waals surface area (Å²) in [5.41, 5.74) is 6.12. The summed E-state index contributed by atoms with van der Waals surface area (Å²) in [6, 6.07) is 4.02. The summed E-state index contributed by atoms with van der Waals surface area (Å²) in [6.45, 7) is 1.54. The molecule has 0 radical (unpaired) electrons. The van der Waals surface area contributed by atoms with Crippen LogP contribution in [0.3, 0.4) is 0 Å². The van der Waals surface area contributed by atoms with Crippen LogP contribution in [0.1, 0.15) is 28.8 Å². The number of nitrogens with zero attached hydrogens (tertiary/aromatic N) is 1. The minimum absolute atomic E-state index is 0.125. The van der Waals surface area contributed by atoms with Gasteiger partial charge in [0.25, 0.3) is 5.91 Å². The number of hydrogen-bond acceptors (Lipinski definition) is 3. The van der Waals surface area contributed by atoms with Gasteiger partial charge in [0.05, 0.1) is 12.1 Å². The van der Waals surface area contributed by atoms with Gasteiger partial charge in [0.2, 0.25) is 0 Å². The first kappa shape index (κ1) is 15.5. The van der Waals surface area contributed by atoms with Gasteiger partial charge in [-0.3, -0.25) is 4.79 Å². The van der Waals surface area contributed by atoms with Crippen LogP contribution in [0.5, 0.6) is 0 Å². The van der Waals surface area contributed by atoms with Crippen LogP contribution in [-0.2, 0) is 0 Å². The number of carbonyl (C=O) groups excluding carboxylic acids is 1. The highest BCUT2D eigenvalue weighted by Gasteiger charge is 2.27. The highest BCUT2D eigenvalue weighted by Crippen LogP contribution is 2.22. The minimum Gasteiger partial charge on any atom is -0.396 e. The average Bonchev–Trinajstić information content (AvgIpc) is 2.94. The predicted molar refractivity (Wildman–Crippen MR) is 78.0 cm³/mol. The van der Waals surface area contributed by atoms with E-state index in [4.69, 9.17) is 10.8 Å². The molecule has 0 aromatic heterocycles. The first-order valence-corrected chi connectivity index (χ1v) is 7.04. The van der Waals surface area contributed by atoms with Gasteiger partial charge in [0.1, 0.15) is 5.82 Å². The van der Waals surface area contributed by atoms with Gasteiger partial charge in [-0.15, -0.1) is 0 Å². The third-order valence-electron chi connectivity index (χ3n) is 3.65. The topological polar surface area (TPSA) is 66.6 Å². The second-order valence-electron chi connectivity index (χ2n) is 5.11. The van der Waals surface area contributed by atoms with Crippen molar-refractivity contribution >= 4 is 5.91 Å². The van der Waals surface area contributed by atoms with E-state index in [2.05, 4.69) is 11.8 Å². The van der Waals surface area contributed by atoms with Crippen molar-refractivity contribution in [2.24, 2.45) is 11.7 Å². The Morgan fingerprint density at radius 1 is 1.52 bits per heavy atom. The molecule has 1 amide bonds. The van der Waals surface area contributed by atoms with Crippen LogP contribution in [0.25, 0.3) is 0 Å². The maximum Gasteiger partial charge on any atom is 0.255 e. The van der Waals surface area contributed by atoms with Gasteiger partial charge in [0, 0.05) is 25.3 Å². The molecule has 1 unspecified atom stereocenters. The second kappa shape index (κ2) is 7.21. The Labute approximate surface area is 123 Å². The van der Waals surface area contributed by atoms with Crippen molar-refractivity contribution in [2.75, 3.05) is 26.2 Å². The number of hydrogen-bond donors (Lipinski definition) is 2. The van der Waals surface area contributed by atoms with E-state index in [9.17, 15) is 9.18 Å². The van der Waals surface area contributed by atoms with Crippen molar-refractivity contribution in [2.45, 2.75) is 12.8 Å². The Morgan fingerprint density at radius 3 is 3.05 bits per heavy atom. The van der Waals surface area contributed by atoms with Crippen LogP contribution in [0, 0.1) is 23.6 Å². The number of carbonyl (C=O) groups is 1. The highest BCUT2D eigenvalue weighted by molar-refractivity contribution is 5.97. The summed E-state index contributed by atoms with van der Waals surface area (Å²) < 4.78 is 13.4. The molecule has 21 heavy (non-hydrogen) atoms. The predicted octanol–water partition coefficient (Wildman–Crippen LogP) is 0.980. The summed E-state index contributed by atoms with van der Waals surface area (Å²) >= 11 is 0.